The summed E-state index contributed by atoms with van der Waals surface area (Å²) >= 11 is 5.25. The van der Waals surface area contributed by atoms with Gasteiger partial charge in [-0.05, 0) is 43.1 Å². The van der Waals surface area contributed by atoms with Gasteiger partial charge in [-0.1, -0.05) is 24.3 Å². The molecule has 2 N–H and O–H groups in total. The van der Waals surface area contributed by atoms with Gasteiger partial charge < -0.3 is 10.1 Å². The van der Waals surface area contributed by atoms with E-state index in [0.717, 1.165) is 24.3 Å². The van der Waals surface area contributed by atoms with Gasteiger partial charge in [0, 0.05) is 11.6 Å². The van der Waals surface area contributed by atoms with Gasteiger partial charge in [-0.25, -0.2) is 0 Å². The normalized spacial score (nSPS) is 24.9. The van der Waals surface area contributed by atoms with E-state index in [4.69, 9.17) is 17.0 Å². The first kappa shape index (κ1) is 13.1. The Morgan fingerprint density at radius 1 is 1.40 bits per heavy atom. The highest BCUT2D eigenvalue weighted by Gasteiger charge is 2.37. The smallest absolute Gasteiger partial charge is 0.191 e. The molecular formula is C15H17N3OS. The van der Waals surface area contributed by atoms with Gasteiger partial charge in [-0.15, -0.1) is 0 Å². The lowest BCUT2D eigenvalue weighted by Gasteiger charge is -2.31. The van der Waals surface area contributed by atoms with Crippen LogP contribution in [-0.2, 0) is 0 Å². The Morgan fingerprint density at radius 2 is 2.25 bits per heavy atom. The third-order valence-electron chi connectivity index (χ3n) is 3.82. The van der Waals surface area contributed by atoms with E-state index in [2.05, 4.69) is 28.0 Å². The molecule has 0 aromatic heterocycles. The maximum Gasteiger partial charge on any atom is 0.191 e. The number of hydrogen-bond donors (Lipinski definition) is 2. The first-order valence-electron chi connectivity index (χ1n) is 6.71. The van der Waals surface area contributed by atoms with Gasteiger partial charge in [0.15, 0.2) is 5.11 Å². The number of para-hydroxylation sites is 2. The summed E-state index contributed by atoms with van der Waals surface area (Å²) in [5.74, 6) is 2.05. The van der Waals surface area contributed by atoms with E-state index >= 15 is 0 Å². The summed E-state index contributed by atoms with van der Waals surface area (Å²) in [6.07, 6.45) is 6.68. The maximum atomic E-state index is 5.27. The molecule has 5 heteroatoms. The predicted octanol–water partition coefficient (Wildman–Crippen LogP) is 2.93. The van der Waals surface area contributed by atoms with Crippen molar-refractivity contribution in [3.8, 4) is 5.75 Å². The number of ether oxygens (including phenoxy) is 1. The quantitative estimate of drug-likeness (QED) is 0.510. The molecule has 1 aromatic rings. The number of rotatable bonds is 3. The van der Waals surface area contributed by atoms with Crippen LogP contribution in [0.15, 0.2) is 41.5 Å². The predicted molar refractivity (Wildman–Crippen MR) is 85.1 cm³/mol. The number of thiocarbonyl (C=S) groups is 1. The summed E-state index contributed by atoms with van der Waals surface area (Å²) in [4.78, 5) is 0. The van der Waals surface area contributed by atoms with E-state index in [9.17, 15) is 0 Å². The number of hydrogen-bond acceptors (Lipinski definition) is 3. The summed E-state index contributed by atoms with van der Waals surface area (Å²) in [6.45, 7) is 0. The average Bonchev–Trinajstić information content (AvgIpc) is 2.81. The Kier molecular flexibility index (Phi) is 3.69. The number of nitrogens with zero attached hydrogens (tertiary/aromatic N) is 1. The van der Waals surface area contributed by atoms with Crippen LogP contribution in [0.25, 0.3) is 0 Å². The molecule has 4 nitrogen and oxygen atoms in total. The van der Waals surface area contributed by atoms with Gasteiger partial charge in [0.2, 0.25) is 0 Å². The Balaban J connectivity index is 1.56. The van der Waals surface area contributed by atoms with Gasteiger partial charge in [-0.2, -0.15) is 5.10 Å². The maximum absolute atomic E-state index is 5.27. The number of nitrogens with one attached hydrogen (secondary N) is 2. The summed E-state index contributed by atoms with van der Waals surface area (Å²) in [6, 6.07) is 7.65. The standard InChI is InChI=1S/C15H17N3OS/c1-19-14-8-3-2-7-12(14)16-15(20)18-17-13-9-10-5-4-6-11(10)13/h2-5,7-8,10-11H,6,9H2,1H3,(H2,16,18,20)/b17-13+/t10-,11-/m0/s1. The van der Waals surface area contributed by atoms with Crippen molar-refractivity contribution in [2.45, 2.75) is 12.8 Å². The molecule has 1 aromatic carbocycles. The van der Waals surface area contributed by atoms with Crippen molar-refractivity contribution in [2.24, 2.45) is 16.9 Å². The van der Waals surface area contributed by atoms with Crippen LogP contribution < -0.4 is 15.5 Å². The molecule has 3 rings (SSSR count). The zero-order valence-corrected chi connectivity index (χ0v) is 12.1. The minimum atomic E-state index is 0.483. The number of benzene rings is 1. The Hall–Kier alpha value is -1.88. The number of anilines is 1. The van der Waals surface area contributed by atoms with Crippen molar-refractivity contribution in [3.63, 3.8) is 0 Å². The van der Waals surface area contributed by atoms with Crippen LogP contribution in [0.3, 0.4) is 0 Å². The van der Waals surface area contributed by atoms with E-state index in [0.29, 0.717) is 16.9 Å². The van der Waals surface area contributed by atoms with Crippen molar-refractivity contribution in [1.29, 1.82) is 0 Å². The summed E-state index contributed by atoms with van der Waals surface area (Å²) in [7, 11) is 1.64. The fourth-order valence-corrected chi connectivity index (χ4v) is 2.84. The third-order valence-corrected chi connectivity index (χ3v) is 4.01. The lowest BCUT2D eigenvalue weighted by atomic mass is 9.74. The molecule has 0 bridgehead atoms. The van der Waals surface area contributed by atoms with Crippen molar-refractivity contribution in [2.75, 3.05) is 12.4 Å². The van der Waals surface area contributed by atoms with Crippen LogP contribution in [0.2, 0.25) is 0 Å². The molecule has 20 heavy (non-hydrogen) atoms. The van der Waals surface area contributed by atoms with Crippen molar-refractivity contribution in [1.82, 2.24) is 5.43 Å². The molecule has 2 atom stereocenters. The summed E-state index contributed by atoms with van der Waals surface area (Å²) in [5.41, 5.74) is 4.97. The van der Waals surface area contributed by atoms with Crippen LogP contribution in [0.1, 0.15) is 12.8 Å². The highest BCUT2D eigenvalue weighted by atomic mass is 32.1. The molecule has 0 radical (unpaired) electrons. The highest BCUT2D eigenvalue weighted by molar-refractivity contribution is 7.80. The molecule has 0 saturated heterocycles. The summed E-state index contributed by atoms with van der Waals surface area (Å²) < 4.78 is 5.27. The molecule has 0 heterocycles. The van der Waals surface area contributed by atoms with Crippen LogP contribution in [0, 0.1) is 11.8 Å². The SMILES string of the molecule is COc1ccccc1NC(=S)N/N=C1\C[C@@H]2C=CC[C@H]12. The van der Waals surface area contributed by atoms with Crippen LogP contribution in [0.4, 0.5) is 5.69 Å². The zero-order chi connectivity index (χ0) is 13.9. The molecule has 0 amide bonds. The van der Waals surface area contributed by atoms with Crippen molar-refractivity contribution >= 4 is 28.7 Å². The zero-order valence-electron chi connectivity index (χ0n) is 11.3. The topological polar surface area (TPSA) is 45.6 Å². The average molecular weight is 287 g/mol. The van der Waals surface area contributed by atoms with Crippen LogP contribution in [0.5, 0.6) is 5.75 Å². The molecular weight excluding hydrogens is 270 g/mol. The van der Waals surface area contributed by atoms with Crippen LogP contribution in [-0.4, -0.2) is 17.9 Å². The lowest BCUT2D eigenvalue weighted by Crippen LogP contribution is -2.36. The van der Waals surface area contributed by atoms with E-state index in [-0.39, 0.29) is 0 Å². The van der Waals surface area contributed by atoms with Crippen molar-refractivity contribution < 1.29 is 4.74 Å². The Labute approximate surface area is 123 Å². The second-order valence-corrected chi connectivity index (χ2v) is 5.42. The van der Waals surface area contributed by atoms with E-state index < -0.39 is 0 Å². The Morgan fingerprint density at radius 3 is 3.05 bits per heavy atom. The van der Waals surface area contributed by atoms with E-state index in [1.807, 2.05) is 24.3 Å². The molecule has 2 aliphatic rings. The molecule has 1 saturated carbocycles. The number of methoxy groups -OCH3 is 1. The van der Waals surface area contributed by atoms with Gasteiger partial charge in [0.25, 0.3) is 0 Å². The Bertz CT molecular complexity index is 582. The molecule has 1 fully saturated rings. The van der Waals surface area contributed by atoms with E-state index in [1.54, 1.807) is 7.11 Å². The second-order valence-electron chi connectivity index (χ2n) is 5.01. The summed E-state index contributed by atoms with van der Waals surface area (Å²) in [5, 5.41) is 7.99. The first-order chi connectivity index (χ1) is 9.78. The largest absolute Gasteiger partial charge is 0.495 e. The fourth-order valence-electron chi connectivity index (χ4n) is 2.68. The minimum Gasteiger partial charge on any atom is -0.495 e. The van der Waals surface area contributed by atoms with Gasteiger partial charge >= 0.3 is 0 Å². The second kappa shape index (κ2) is 5.63. The lowest BCUT2D eigenvalue weighted by molar-refractivity contribution is 0.417. The number of hydrazone groups is 1. The minimum absolute atomic E-state index is 0.483. The monoisotopic (exact) mass is 287 g/mol. The third kappa shape index (κ3) is 2.54. The number of allylic oxidation sites excluding steroid dienone is 2. The van der Waals surface area contributed by atoms with Gasteiger partial charge in [-0.3, -0.25) is 5.43 Å². The van der Waals surface area contributed by atoms with Gasteiger partial charge in [0.05, 0.1) is 12.8 Å². The molecule has 2 aliphatic carbocycles. The molecule has 104 valence electrons. The highest BCUT2D eigenvalue weighted by Crippen LogP contribution is 2.40. The fraction of sp³-hybridized carbons (Fsp3) is 0.333. The van der Waals surface area contributed by atoms with E-state index in [1.165, 1.54) is 5.71 Å². The molecule has 0 aliphatic heterocycles. The molecule has 0 spiro atoms. The van der Waals surface area contributed by atoms with Crippen LogP contribution >= 0.6 is 12.2 Å². The van der Waals surface area contributed by atoms with Gasteiger partial charge in [0.1, 0.15) is 5.75 Å². The number of fused-ring (bicyclic) bond motifs is 1. The molecule has 0 unspecified atom stereocenters. The van der Waals surface area contributed by atoms with Crippen molar-refractivity contribution in [3.05, 3.63) is 36.4 Å². The first-order valence-corrected chi connectivity index (χ1v) is 7.12.